The normalized spacial score (nSPS) is 14.4. The van der Waals surface area contributed by atoms with E-state index in [0.29, 0.717) is 34.9 Å². The van der Waals surface area contributed by atoms with Crippen molar-refractivity contribution in [2.24, 2.45) is 0 Å². The fourth-order valence-electron chi connectivity index (χ4n) is 3.82. The molecular weight excluding hydrogens is 439 g/mol. The fourth-order valence-corrected chi connectivity index (χ4v) is 3.82. The number of anilines is 2. The van der Waals surface area contributed by atoms with Crippen molar-refractivity contribution in [2.45, 2.75) is 39.2 Å². The molecule has 0 bridgehead atoms. The van der Waals surface area contributed by atoms with Crippen LogP contribution in [0.15, 0.2) is 48.5 Å². The number of fused-ring (bicyclic) bond motifs is 1. The monoisotopic (exact) mass is 464 g/mol. The van der Waals surface area contributed by atoms with Crippen LogP contribution in [0.5, 0.6) is 0 Å². The predicted molar refractivity (Wildman–Crippen MR) is 125 cm³/mol. The van der Waals surface area contributed by atoms with Crippen molar-refractivity contribution in [2.75, 3.05) is 17.2 Å². The first-order valence-corrected chi connectivity index (χ1v) is 11.1. The summed E-state index contributed by atoms with van der Waals surface area (Å²) in [6, 6.07) is 11.5. The number of amides is 2. The lowest BCUT2D eigenvalue weighted by Crippen LogP contribution is -2.23. The van der Waals surface area contributed by atoms with Gasteiger partial charge in [-0.3, -0.25) is 9.59 Å². The number of carbonyl (C=O) groups excluding carboxylic acids is 3. The first kappa shape index (κ1) is 23.2. The number of nitrogens with zero attached hydrogens (tertiary/aromatic N) is 2. The molecule has 0 spiro atoms. The van der Waals surface area contributed by atoms with Crippen molar-refractivity contribution in [1.29, 1.82) is 0 Å². The maximum atomic E-state index is 13.3. The molecule has 1 aromatic heterocycles. The van der Waals surface area contributed by atoms with Crippen LogP contribution in [0.4, 0.5) is 15.9 Å². The van der Waals surface area contributed by atoms with Crippen molar-refractivity contribution in [3.8, 4) is 11.1 Å². The lowest BCUT2D eigenvalue weighted by molar-refractivity contribution is -0.123. The maximum Gasteiger partial charge on any atom is 0.338 e. The minimum Gasteiger partial charge on any atom is -0.462 e. The number of benzene rings is 2. The summed E-state index contributed by atoms with van der Waals surface area (Å²) in [5, 5.41) is 9.99. The molecule has 8 nitrogen and oxygen atoms in total. The highest BCUT2D eigenvalue weighted by molar-refractivity contribution is 6.04. The second kappa shape index (κ2) is 9.86. The Bertz CT molecular complexity index is 1220. The van der Waals surface area contributed by atoms with Crippen LogP contribution in [-0.4, -0.2) is 34.2 Å². The van der Waals surface area contributed by atoms with Gasteiger partial charge in [0.25, 0.3) is 5.91 Å². The zero-order valence-electron chi connectivity index (χ0n) is 18.9. The van der Waals surface area contributed by atoms with Crippen LogP contribution in [0.25, 0.3) is 11.1 Å². The van der Waals surface area contributed by atoms with E-state index in [-0.39, 0.29) is 24.1 Å². The molecule has 2 N–H and O–H groups in total. The van der Waals surface area contributed by atoms with E-state index >= 15 is 0 Å². The molecule has 4 rings (SSSR count). The smallest absolute Gasteiger partial charge is 0.338 e. The molecule has 1 aliphatic rings. The SMILES string of the molecule is CCCCOC(=O)c1ccc(NC(=O)CC2C(=O)Nc3c(-c4ccc(F)cc4)c(C)nn32)cc1. The highest BCUT2D eigenvalue weighted by Crippen LogP contribution is 2.38. The molecule has 1 aliphatic heterocycles. The Labute approximate surface area is 196 Å². The largest absolute Gasteiger partial charge is 0.462 e. The summed E-state index contributed by atoms with van der Waals surface area (Å²) in [6.07, 6.45) is 1.62. The Morgan fingerprint density at radius 2 is 1.85 bits per heavy atom. The van der Waals surface area contributed by atoms with Gasteiger partial charge in [0.15, 0.2) is 0 Å². The first-order chi connectivity index (χ1) is 16.4. The number of halogens is 1. The zero-order valence-corrected chi connectivity index (χ0v) is 18.9. The number of aromatic nitrogens is 2. The molecule has 0 fully saturated rings. The van der Waals surface area contributed by atoms with E-state index < -0.39 is 12.0 Å². The van der Waals surface area contributed by atoms with Gasteiger partial charge in [0.2, 0.25) is 5.91 Å². The van der Waals surface area contributed by atoms with E-state index in [1.54, 1.807) is 43.3 Å². The van der Waals surface area contributed by atoms with E-state index in [2.05, 4.69) is 15.7 Å². The van der Waals surface area contributed by atoms with E-state index in [0.717, 1.165) is 18.4 Å². The third-order valence-electron chi connectivity index (χ3n) is 5.57. The van der Waals surface area contributed by atoms with E-state index in [1.807, 2.05) is 6.92 Å². The Hall–Kier alpha value is -4.01. The summed E-state index contributed by atoms with van der Waals surface area (Å²) < 4.78 is 20.0. The number of rotatable bonds is 8. The third kappa shape index (κ3) is 4.83. The van der Waals surface area contributed by atoms with Crippen molar-refractivity contribution < 1.29 is 23.5 Å². The number of hydrogen-bond acceptors (Lipinski definition) is 5. The van der Waals surface area contributed by atoms with Crippen LogP contribution in [0.2, 0.25) is 0 Å². The minimum atomic E-state index is -0.810. The lowest BCUT2D eigenvalue weighted by Gasteiger charge is -2.10. The highest BCUT2D eigenvalue weighted by Gasteiger charge is 2.36. The van der Waals surface area contributed by atoms with Crippen LogP contribution in [0.1, 0.15) is 48.3 Å². The summed E-state index contributed by atoms with van der Waals surface area (Å²) in [4.78, 5) is 37.2. The van der Waals surface area contributed by atoms with E-state index in [1.165, 1.54) is 16.8 Å². The van der Waals surface area contributed by atoms with Gasteiger partial charge in [-0.15, -0.1) is 0 Å². The molecule has 0 radical (unpaired) electrons. The van der Waals surface area contributed by atoms with Gasteiger partial charge in [-0.25, -0.2) is 13.9 Å². The summed E-state index contributed by atoms with van der Waals surface area (Å²) in [7, 11) is 0. The molecule has 34 heavy (non-hydrogen) atoms. The highest BCUT2D eigenvalue weighted by atomic mass is 19.1. The Morgan fingerprint density at radius 1 is 1.15 bits per heavy atom. The van der Waals surface area contributed by atoms with Gasteiger partial charge in [-0.2, -0.15) is 5.10 Å². The van der Waals surface area contributed by atoms with Crippen LogP contribution in [0.3, 0.4) is 0 Å². The van der Waals surface area contributed by atoms with Crippen LogP contribution in [0, 0.1) is 12.7 Å². The molecule has 1 atom stereocenters. The van der Waals surface area contributed by atoms with E-state index in [4.69, 9.17) is 4.74 Å². The van der Waals surface area contributed by atoms with E-state index in [9.17, 15) is 18.8 Å². The predicted octanol–water partition coefficient (Wildman–Crippen LogP) is 4.48. The summed E-state index contributed by atoms with van der Waals surface area (Å²) in [5.74, 6) is -0.996. The van der Waals surface area contributed by atoms with Gasteiger partial charge in [0.05, 0.1) is 24.3 Å². The summed E-state index contributed by atoms with van der Waals surface area (Å²) >= 11 is 0. The number of nitrogens with one attached hydrogen (secondary N) is 2. The Morgan fingerprint density at radius 3 is 2.53 bits per heavy atom. The van der Waals surface area contributed by atoms with Crippen molar-refractivity contribution >= 4 is 29.3 Å². The second-order valence-electron chi connectivity index (χ2n) is 8.08. The first-order valence-electron chi connectivity index (χ1n) is 11.1. The maximum absolute atomic E-state index is 13.3. The number of ether oxygens (including phenoxy) is 1. The number of carbonyl (C=O) groups is 3. The molecular formula is C25H25FN4O4. The number of aryl methyl sites for hydroxylation is 1. The molecule has 2 amide bonds. The average molecular weight is 464 g/mol. The minimum absolute atomic E-state index is 0.121. The summed E-state index contributed by atoms with van der Waals surface area (Å²) in [5.41, 5.74) is 2.97. The number of hydrogen-bond donors (Lipinski definition) is 2. The fraction of sp³-hybridized carbons (Fsp3) is 0.280. The third-order valence-corrected chi connectivity index (χ3v) is 5.57. The van der Waals surface area contributed by atoms with Gasteiger partial charge in [-0.05, 0) is 55.3 Å². The number of unbranched alkanes of at least 4 members (excludes halogenated alkanes) is 1. The molecule has 3 aromatic rings. The average Bonchev–Trinajstić information content (AvgIpc) is 3.28. The zero-order chi connectivity index (χ0) is 24.2. The number of esters is 1. The molecule has 2 aromatic carbocycles. The molecule has 0 saturated carbocycles. The second-order valence-corrected chi connectivity index (χ2v) is 8.08. The Balaban J connectivity index is 1.43. The van der Waals surface area contributed by atoms with Gasteiger partial charge in [0, 0.05) is 11.3 Å². The quantitative estimate of drug-likeness (QED) is 0.378. The van der Waals surface area contributed by atoms with Crippen molar-refractivity contribution in [3.05, 3.63) is 65.6 Å². The molecule has 176 valence electrons. The van der Waals surface area contributed by atoms with Crippen LogP contribution in [-0.2, 0) is 14.3 Å². The molecule has 0 saturated heterocycles. The van der Waals surface area contributed by atoms with Crippen molar-refractivity contribution in [3.63, 3.8) is 0 Å². The van der Waals surface area contributed by atoms with Gasteiger partial charge in [-0.1, -0.05) is 25.5 Å². The molecule has 9 heteroatoms. The summed E-state index contributed by atoms with van der Waals surface area (Å²) in [6.45, 7) is 4.18. The Kier molecular flexibility index (Phi) is 6.72. The standard InChI is InChI=1S/C25H25FN4O4/c1-3-4-13-34-25(33)17-7-11-19(12-8-17)27-21(31)14-20-24(32)28-23-22(15(2)29-30(20)23)16-5-9-18(26)10-6-16/h5-12,20H,3-4,13-14H2,1-2H3,(H,27,31)(H,28,32). The van der Waals surface area contributed by atoms with Crippen LogP contribution >= 0.6 is 0 Å². The topological polar surface area (TPSA) is 102 Å². The van der Waals surface area contributed by atoms with Gasteiger partial charge >= 0.3 is 5.97 Å². The van der Waals surface area contributed by atoms with Gasteiger partial charge < -0.3 is 15.4 Å². The molecule has 2 heterocycles. The lowest BCUT2D eigenvalue weighted by atomic mass is 10.1. The van der Waals surface area contributed by atoms with Crippen molar-refractivity contribution in [1.82, 2.24) is 9.78 Å². The molecule has 1 unspecified atom stereocenters. The molecule has 0 aliphatic carbocycles. The van der Waals surface area contributed by atoms with Crippen LogP contribution < -0.4 is 10.6 Å². The van der Waals surface area contributed by atoms with Gasteiger partial charge in [0.1, 0.15) is 17.7 Å².